The highest BCUT2D eigenvalue weighted by Crippen LogP contribution is 2.26. The first-order valence-electron chi connectivity index (χ1n) is 13.9. The van der Waals surface area contributed by atoms with Gasteiger partial charge in [-0.3, -0.25) is 0 Å². The van der Waals surface area contributed by atoms with Crippen LogP contribution < -0.4 is 14.2 Å². The first kappa shape index (κ1) is 29.9. The fraction of sp³-hybridized carbons (Fsp3) is 0.375. The summed E-state index contributed by atoms with van der Waals surface area (Å²) in [5, 5.41) is 9.30. The molecule has 1 N–H and O–H groups in total. The second-order valence-corrected chi connectivity index (χ2v) is 9.77. The lowest BCUT2D eigenvalue weighted by Crippen LogP contribution is -2.38. The third-order valence-corrected chi connectivity index (χ3v) is 6.81. The van der Waals surface area contributed by atoms with Crippen LogP contribution in [0.3, 0.4) is 0 Å². The zero-order chi connectivity index (χ0) is 29.0. The minimum Gasteiger partial charge on any atom is -0.494 e. The predicted octanol–water partition coefficient (Wildman–Crippen LogP) is 5.70. The minimum atomic E-state index is -0.998. The summed E-state index contributed by atoms with van der Waals surface area (Å²) in [6.07, 6.45) is 2.57. The topological polar surface area (TPSA) is 94.5 Å². The van der Waals surface area contributed by atoms with Gasteiger partial charge in [-0.15, -0.1) is 0 Å². The lowest BCUT2D eigenvalue weighted by molar-refractivity contribution is -0.149. The molecule has 1 unspecified atom stereocenters. The highest BCUT2D eigenvalue weighted by Gasteiger charge is 2.19. The van der Waals surface area contributed by atoms with Crippen molar-refractivity contribution in [2.24, 2.45) is 0 Å². The van der Waals surface area contributed by atoms with Crippen molar-refractivity contribution in [2.45, 2.75) is 45.1 Å². The molecular formula is C32H36FNO7. The summed E-state index contributed by atoms with van der Waals surface area (Å²) in [7, 11) is 0. The monoisotopic (exact) mass is 565 g/mol. The molecular weight excluding hydrogens is 529 g/mol. The van der Waals surface area contributed by atoms with Crippen LogP contribution >= 0.6 is 0 Å². The van der Waals surface area contributed by atoms with Gasteiger partial charge < -0.3 is 29.0 Å². The molecule has 0 aromatic heterocycles. The number of carboxylic acid groups (broad SMARTS) is 1. The smallest absolute Gasteiger partial charge is 0.415 e. The van der Waals surface area contributed by atoms with E-state index in [0.717, 1.165) is 24.8 Å². The van der Waals surface area contributed by atoms with Crippen molar-refractivity contribution in [3.05, 3.63) is 89.2 Å². The molecule has 9 heteroatoms. The van der Waals surface area contributed by atoms with Crippen molar-refractivity contribution >= 4 is 12.1 Å². The molecule has 4 rings (SSSR count). The fourth-order valence-corrected chi connectivity index (χ4v) is 4.68. The van der Waals surface area contributed by atoms with E-state index >= 15 is 0 Å². The number of rotatable bonds is 15. The van der Waals surface area contributed by atoms with E-state index in [9.17, 15) is 19.1 Å². The van der Waals surface area contributed by atoms with Gasteiger partial charge in [-0.05, 0) is 97.8 Å². The van der Waals surface area contributed by atoms with Gasteiger partial charge in [0, 0.05) is 19.6 Å². The maximum Gasteiger partial charge on any atom is 0.415 e. The number of carbonyl (C=O) groups is 2. The van der Waals surface area contributed by atoms with Crippen molar-refractivity contribution in [2.75, 3.05) is 32.9 Å². The first-order valence-corrected chi connectivity index (χ1v) is 13.9. The predicted molar refractivity (Wildman–Crippen MR) is 151 cm³/mol. The van der Waals surface area contributed by atoms with Gasteiger partial charge in [0.1, 0.15) is 29.7 Å². The molecule has 1 atom stereocenters. The Morgan fingerprint density at radius 3 is 2.24 bits per heavy atom. The van der Waals surface area contributed by atoms with Gasteiger partial charge in [-0.1, -0.05) is 18.2 Å². The molecule has 0 saturated heterocycles. The maximum atomic E-state index is 13.1. The summed E-state index contributed by atoms with van der Waals surface area (Å²) in [5.41, 5.74) is 3.34. The van der Waals surface area contributed by atoms with Gasteiger partial charge in [0.2, 0.25) is 0 Å². The molecule has 0 radical (unpaired) electrons. The van der Waals surface area contributed by atoms with Crippen LogP contribution in [0.5, 0.6) is 17.2 Å². The number of carboxylic acids is 1. The number of fused-ring (bicyclic) bond motifs is 1. The van der Waals surface area contributed by atoms with Crippen LogP contribution in [0.25, 0.3) is 0 Å². The van der Waals surface area contributed by atoms with Crippen molar-refractivity contribution in [3.8, 4) is 17.2 Å². The molecule has 218 valence electrons. The number of nitrogens with zero attached hydrogens (tertiary/aromatic N) is 1. The average molecular weight is 566 g/mol. The number of aryl methyl sites for hydroxylation is 2. The highest BCUT2D eigenvalue weighted by molar-refractivity contribution is 5.72. The van der Waals surface area contributed by atoms with Crippen LogP contribution in [0.1, 0.15) is 36.5 Å². The first-order chi connectivity index (χ1) is 19.9. The lowest BCUT2D eigenvalue weighted by Gasteiger charge is -2.22. The number of hydrogen-bond donors (Lipinski definition) is 1. The van der Waals surface area contributed by atoms with E-state index in [1.165, 1.54) is 23.3 Å². The van der Waals surface area contributed by atoms with Crippen LogP contribution in [0, 0.1) is 5.82 Å². The Bertz CT molecular complexity index is 1280. The van der Waals surface area contributed by atoms with Crippen LogP contribution in [-0.4, -0.2) is 61.1 Å². The lowest BCUT2D eigenvalue weighted by atomic mass is 10.1. The van der Waals surface area contributed by atoms with Crippen molar-refractivity contribution in [1.29, 1.82) is 0 Å². The van der Waals surface area contributed by atoms with E-state index in [-0.39, 0.29) is 25.4 Å². The van der Waals surface area contributed by atoms with E-state index in [1.54, 1.807) is 48.2 Å². The summed E-state index contributed by atoms with van der Waals surface area (Å²) >= 11 is 0. The molecule has 8 nitrogen and oxygen atoms in total. The standard InChI is InChI=1S/C32H36FNO7/c1-2-38-30(31(35)36)21-23-7-12-27(13-8-23)40-20-18-34(17-4-19-39-28-15-10-26(33)11-16-28)32(37)41-29-14-9-24-5-3-6-25(24)22-29/h7-16,22,30H,2-6,17-21H2,1H3,(H,35,36). The Balaban J connectivity index is 1.31. The summed E-state index contributed by atoms with van der Waals surface area (Å²) < 4.78 is 35.7. The van der Waals surface area contributed by atoms with Crippen molar-refractivity contribution in [1.82, 2.24) is 4.90 Å². The molecule has 1 aliphatic carbocycles. The zero-order valence-electron chi connectivity index (χ0n) is 23.2. The summed E-state index contributed by atoms with van der Waals surface area (Å²) in [4.78, 5) is 26.0. The molecule has 3 aromatic rings. The Labute approximate surface area is 239 Å². The second kappa shape index (κ2) is 15.0. The van der Waals surface area contributed by atoms with Gasteiger partial charge in [-0.2, -0.15) is 0 Å². The number of benzene rings is 3. The molecule has 0 heterocycles. The molecule has 41 heavy (non-hydrogen) atoms. The largest absolute Gasteiger partial charge is 0.494 e. The molecule has 0 fully saturated rings. The van der Waals surface area contributed by atoms with Gasteiger partial charge >= 0.3 is 12.1 Å². The van der Waals surface area contributed by atoms with Crippen molar-refractivity contribution in [3.63, 3.8) is 0 Å². The molecule has 0 aliphatic heterocycles. The van der Waals surface area contributed by atoms with Crippen LogP contribution in [0.4, 0.5) is 9.18 Å². The minimum absolute atomic E-state index is 0.230. The van der Waals surface area contributed by atoms with Gasteiger partial charge in [-0.25, -0.2) is 14.0 Å². The summed E-state index contributed by atoms with van der Waals surface area (Å²) in [6.45, 7) is 3.32. The van der Waals surface area contributed by atoms with Crippen LogP contribution in [0.2, 0.25) is 0 Å². The fourth-order valence-electron chi connectivity index (χ4n) is 4.68. The van der Waals surface area contributed by atoms with Crippen molar-refractivity contribution < 1.29 is 38.0 Å². The molecule has 3 aromatic carbocycles. The molecule has 0 bridgehead atoms. The number of ether oxygens (including phenoxy) is 4. The number of hydrogen-bond acceptors (Lipinski definition) is 6. The quantitative estimate of drug-likeness (QED) is 0.237. The molecule has 1 aliphatic rings. The molecule has 0 saturated carbocycles. The number of amides is 1. The second-order valence-electron chi connectivity index (χ2n) is 9.77. The third-order valence-electron chi connectivity index (χ3n) is 6.81. The number of aliphatic carboxylic acids is 1. The molecule has 1 amide bonds. The maximum absolute atomic E-state index is 13.1. The normalized spacial score (nSPS) is 12.8. The van der Waals surface area contributed by atoms with Crippen LogP contribution in [0.15, 0.2) is 66.7 Å². The summed E-state index contributed by atoms with van der Waals surface area (Å²) in [5.74, 6) is 0.348. The average Bonchev–Trinajstić information content (AvgIpc) is 3.44. The molecule has 0 spiro atoms. The summed E-state index contributed by atoms with van der Waals surface area (Å²) in [6, 6.07) is 18.7. The van der Waals surface area contributed by atoms with Gasteiger partial charge in [0.15, 0.2) is 6.10 Å². The van der Waals surface area contributed by atoms with Crippen LogP contribution in [-0.2, 0) is 28.8 Å². The SMILES string of the molecule is CCOC(Cc1ccc(OCCN(CCCOc2ccc(F)cc2)C(=O)Oc2ccc3c(c2)CCC3)cc1)C(=O)O. The Kier molecular flexibility index (Phi) is 11.0. The third kappa shape index (κ3) is 9.21. The Morgan fingerprint density at radius 2 is 1.54 bits per heavy atom. The number of halogens is 1. The van der Waals surface area contributed by atoms with E-state index < -0.39 is 18.2 Å². The van der Waals surface area contributed by atoms with E-state index in [0.29, 0.717) is 43.4 Å². The highest BCUT2D eigenvalue weighted by atomic mass is 19.1. The Morgan fingerprint density at radius 1 is 0.878 bits per heavy atom. The number of carbonyl (C=O) groups excluding carboxylic acids is 1. The van der Waals surface area contributed by atoms with E-state index in [4.69, 9.17) is 18.9 Å². The van der Waals surface area contributed by atoms with Gasteiger partial charge in [0.05, 0.1) is 13.2 Å². The van der Waals surface area contributed by atoms with E-state index in [2.05, 4.69) is 0 Å². The van der Waals surface area contributed by atoms with E-state index in [1.807, 2.05) is 18.2 Å². The van der Waals surface area contributed by atoms with Gasteiger partial charge in [0.25, 0.3) is 0 Å². The Hall–Kier alpha value is -4.11. The zero-order valence-corrected chi connectivity index (χ0v) is 23.2.